The first-order chi connectivity index (χ1) is 9.56. The van der Waals surface area contributed by atoms with Crippen molar-refractivity contribution in [2.75, 3.05) is 0 Å². The number of hydrogen-bond acceptors (Lipinski definition) is 3. The minimum absolute atomic E-state index is 0.00650. The topological polar surface area (TPSA) is 58.6 Å². The van der Waals surface area contributed by atoms with Crippen LogP contribution in [0.5, 0.6) is 0 Å². The van der Waals surface area contributed by atoms with E-state index in [-0.39, 0.29) is 5.92 Å². The summed E-state index contributed by atoms with van der Waals surface area (Å²) in [6.45, 7) is 8.09. The van der Waals surface area contributed by atoms with E-state index >= 15 is 0 Å². The summed E-state index contributed by atoms with van der Waals surface area (Å²) in [6.07, 6.45) is 6.54. The molecule has 0 radical (unpaired) electrons. The molecule has 20 heavy (non-hydrogen) atoms. The van der Waals surface area contributed by atoms with Gasteiger partial charge in [0, 0.05) is 5.92 Å². The number of carbonyl (C=O) groups excluding carboxylic acids is 1. The standard InChI is InChI=1S/C16H23N3O/c1-5-14(16-17-12(4)18-19-16)10(2)8-15(11(3)9-20)13-6-7-13/h8-9,11,13H,5-7H2,1-4H3,(H,17,18,19)/b14-10+,15-8+. The number of aromatic amines is 1. The minimum atomic E-state index is 0.00650. The second-order valence-electron chi connectivity index (χ2n) is 5.62. The van der Waals surface area contributed by atoms with Gasteiger partial charge < -0.3 is 9.78 Å². The maximum atomic E-state index is 11.1. The molecule has 1 aromatic rings. The van der Waals surface area contributed by atoms with Gasteiger partial charge in [-0.2, -0.15) is 0 Å². The quantitative estimate of drug-likeness (QED) is 0.637. The van der Waals surface area contributed by atoms with Crippen molar-refractivity contribution < 1.29 is 4.79 Å². The molecule has 0 aliphatic heterocycles. The molecule has 0 spiro atoms. The summed E-state index contributed by atoms with van der Waals surface area (Å²) in [5.74, 6) is 2.27. The average Bonchev–Trinajstić information content (AvgIpc) is 3.19. The fourth-order valence-electron chi connectivity index (χ4n) is 2.57. The van der Waals surface area contributed by atoms with Crippen molar-refractivity contribution in [3.05, 3.63) is 28.9 Å². The predicted molar refractivity (Wildman–Crippen MR) is 80.0 cm³/mol. The second kappa shape index (κ2) is 6.16. The minimum Gasteiger partial charge on any atom is -0.325 e. The van der Waals surface area contributed by atoms with Crippen LogP contribution < -0.4 is 0 Å². The summed E-state index contributed by atoms with van der Waals surface area (Å²) in [5, 5.41) is 8.21. The van der Waals surface area contributed by atoms with Crippen molar-refractivity contribution >= 4 is 11.9 Å². The number of rotatable bonds is 6. The number of carbonyl (C=O) groups is 1. The molecule has 4 nitrogen and oxygen atoms in total. The highest BCUT2D eigenvalue weighted by Gasteiger charge is 2.29. The van der Waals surface area contributed by atoms with Crippen LogP contribution in [0.2, 0.25) is 0 Å². The highest BCUT2D eigenvalue weighted by atomic mass is 16.1. The molecule has 1 atom stereocenters. The number of nitrogens with zero attached hydrogens (tertiary/aromatic N) is 2. The lowest BCUT2D eigenvalue weighted by Crippen LogP contribution is -2.03. The van der Waals surface area contributed by atoms with Crippen molar-refractivity contribution in [2.45, 2.75) is 47.0 Å². The highest BCUT2D eigenvalue weighted by Crippen LogP contribution is 2.40. The van der Waals surface area contributed by atoms with Gasteiger partial charge in [0.1, 0.15) is 12.1 Å². The van der Waals surface area contributed by atoms with Gasteiger partial charge in [-0.1, -0.05) is 25.5 Å². The van der Waals surface area contributed by atoms with Crippen molar-refractivity contribution in [3.8, 4) is 0 Å². The zero-order valence-corrected chi connectivity index (χ0v) is 12.7. The summed E-state index contributed by atoms with van der Waals surface area (Å²) in [6, 6.07) is 0. The molecule has 2 rings (SSSR count). The lowest BCUT2D eigenvalue weighted by Gasteiger charge is -2.11. The number of allylic oxidation sites excluding steroid dienone is 4. The Morgan fingerprint density at radius 2 is 2.15 bits per heavy atom. The molecule has 0 amide bonds. The normalized spacial score (nSPS) is 18.7. The van der Waals surface area contributed by atoms with Gasteiger partial charge in [0.25, 0.3) is 0 Å². The monoisotopic (exact) mass is 273 g/mol. The number of aromatic nitrogens is 3. The molecular weight excluding hydrogens is 250 g/mol. The molecule has 1 aliphatic rings. The molecule has 1 heterocycles. The zero-order valence-electron chi connectivity index (χ0n) is 12.7. The number of hydrogen-bond donors (Lipinski definition) is 1. The summed E-state index contributed by atoms with van der Waals surface area (Å²) >= 11 is 0. The molecule has 1 N–H and O–H groups in total. The molecule has 0 bridgehead atoms. The fourth-order valence-corrected chi connectivity index (χ4v) is 2.57. The Balaban J connectivity index is 2.36. The fraction of sp³-hybridized carbons (Fsp3) is 0.562. The van der Waals surface area contributed by atoms with Crippen LogP contribution in [0, 0.1) is 18.8 Å². The Kier molecular flexibility index (Phi) is 4.53. The van der Waals surface area contributed by atoms with Gasteiger partial charge in [0.2, 0.25) is 0 Å². The third-order valence-corrected chi connectivity index (χ3v) is 3.88. The summed E-state index contributed by atoms with van der Waals surface area (Å²) < 4.78 is 0. The molecule has 4 heteroatoms. The van der Waals surface area contributed by atoms with E-state index in [1.165, 1.54) is 29.6 Å². The Hall–Kier alpha value is -1.71. The maximum absolute atomic E-state index is 11.1. The molecule has 0 aromatic carbocycles. The van der Waals surface area contributed by atoms with Gasteiger partial charge in [-0.15, -0.1) is 10.2 Å². The van der Waals surface area contributed by atoms with E-state index in [9.17, 15) is 4.79 Å². The molecule has 1 fully saturated rings. The summed E-state index contributed by atoms with van der Waals surface area (Å²) in [7, 11) is 0. The van der Waals surface area contributed by atoms with Gasteiger partial charge in [-0.3, -0.25) is 0 Å². The van der Waals surface area contributed by atoms with Gasteiger partial charge in [0.15, 0.2) is 5.82 Å². The van der Waals surface area contributed by atoms with Crippen molar-refractivity contribution in [1.29, 1.82) is 0 Å². The Labute approximate surface area is 120 Å². The van der Waals surface area contributed by atoms with E-state index in [0.29, 0.717) is 5.92 Å². The van der Waals surface area contributed by atoms with Crippen LogP contribution in [0.4, 0.5) is 0 Å². The molecule has 108 valence electrons. The number of aryl methyl sites for hydroxylation is 1. The zero-order chi connectivity index (χ0) is 14.7. The maximum Gasteiger partial charge on any atom is 0.157 e. The van der Waals surface area contributed by atoms with Crippen molar-refractivity contribution in [1.82, 2.24) is 15.2 Å². The third-order valence-electron chi connectivity index (χ3n) is 3.88. The van der Waals surface area contributed by atoms with Crippen LogP contribution >= 0.6 is 0 Å². The number of H-pyrrole nitrogens is 1. The van der Waals surface area contributed by atoms with E-state index in [2.05, 4.69) is 35.1 Å². The third kappa shape index (κ3) is 3.24. The molecule has 1 saturated carbocycles. The van der Waals surface area contributed by atoms with Crippen LogP contribution in [-0.2, 0) is 4.79 Å². The van der Waals surface area contributed by atoms with Crippen LogP contribution in [0.1, 0.15) is 51.7 Å². The van der Waals surface area contributed by atoms with Gasteiger partial charge in [-0.25, -0.2) is 0 Å². The number of aldehydes is 1. The Bertz CT molecular complexity index is 550. The predicted octanol–water partition coefficient (Wildman–Crippen LogP) is 3.47. The second-order valence-corrected chi connectivity index (χ2v) is 5.62. The molecule has 0 saturated heterocycles. The first-order valence-corrected chi connectivity index (χ1v) is 7.33. The molecular formula is C16H23N3O. The number of nitrogens with one attached hydrogen (secondary N) is 1. The summed E-state index contributed by atoms with van der Waals surface area (Å²) in [5.41, 5.74) is 3.61. The molecule has 1 aromatic heterocycles. The van der Waals surface area contributed by atoms with Crippen LogP contribution in [0.3, 0.4) is 0 Å². The summed E-state index contributed by atoms with van der Waals surface area (Å²) in [4.78, 5) is 14.3. The average molecular weight is 273 g/mol. The highest BCUT2D eigenvalue weighted by molar-refractivity contribution is 5.67. The first kappa shape index (κ1) is 14.7. The largest absolute Gasteiger partial charge is 0.325 e. The Morgan fingerprint density at radius 1 is 1.45 bits per heavy atom. The van der Waals surface area contributed by atoms with Crippen LogP contribution in [0.15, 0.2) is 17.2 Å². The van der Waals surface area contributed by atoms with Gasteiger partial charge in [-0.05, 0) is 50.2 Å². The molecule has 1 aliphatic carbocycles. The lowest BCUT2D eigenvalue weighted by molar-refractivity contribution is -0.109. The van der Waals surface area contributed by atoms with Crippen LogP contribution in [-0.4, -0.2) is 21.5 Å². The Morgan fingerprint density at radius 3 is 2.60 bits per heavy atom. The van der Waals surface area contributed by atoms with E-state index in [4.69, 9.17) is 0 Å². The first-order valence-electron chi connectivity index (χ1n) is 7.33. The van der Waals surface area contributed by atoms with E-state index < -0.39 is 0 Å². The van der Waals surface area contributed by atoms with Crippen molar-refractivity contribution in [3.63, 3.8) is 0 Å². The van der Waals surface area contributed by atoms with Crippen molar-refractivity contribution in [2.24, 2.45) is 11.8 Å². The van der Waals surface area contributed by atoms with E-state index in [1.807, 2.05) is 13.8 Å². The molecule has 1 unspecified atom stereocenters. The van der Waals surface area contributed by atoms with E-state index in [0.717, 1.165) is 24.4 Å². The SMILES string of the molecule is CC/C(=C(C)\C=C(/C(C)C=O)C1CC1)c1nnc(C)[nH]1. The smallest absolute Gasteiger partial charge is 0.157 e. The van der Waals surface area contributed by atoms with E-state index in [1.54, 1.807) is 0 Å². The van der Waals surface area contributed by atoms with Crippen LogP contribution in [0.25, 0.3) is 5.57 Å². The van der Waals surface area contributed by atoms with Gasteiger partial charge in [0.05, 0.1) is 0 Å². The van der Waals surface area contributed by atoms with Gasteiger partial charge >= 0.3 is 0 Å². The lowest BCUT2D eigenvalue weighted by atomic mass is 9.94.